The van der Waals surface area contributed by atoms with E-state index >= 15 is 0 Å². The number of rotatable bonds is 4. The van der Waals surface area contributed by atoms with E-state index in [0.717, 1.165) is 22.6 Å². The van der Waals surface area contributed by atoms with Gasteiger partial charge in [-0.1, -0.05) is 107 Å². The van der Waals surface area contributed by atoms with Crippen LogP contribution >= 0.6 is 0 Å². The van der Waals surface area contributed by atoms with E-state index in [9.17, 15) is 0 Å². The van der Waals surface area contributed by atoms with Gasteiger partial charge >= 0.3 is 26.2 Å². The summed E-state index contributed by atoms with van der Waals surface area (Å²) in [7, 11) is 0. The molecule has 0 saturated heterocycles. The predicted octanol–water partition coefficient (Wildman–Crippen LogP) is 5.59. The van der Waals surface area contributed by atoms with Crippen LogP contribution in [0.25, 0.3) is 66.4 Å². The molecule has 0 saturated carbocycles. The number of benzene rings is 4. The molecule has 0 amide bonds. The van der Waals surface area contributed by atoms with Gasteiger partial charge in [0.2, 0.25) is 0 Å². The van der Waals surface area contributed by atoms with Gasteiger partial charge in [0.25, 0.3) is 0 Å². The molecule has 0 aliphatic rings. The fourth-order valence-electron chi connectivity index (χ4n) is 5.93. The Morgan fingerprint density at radius 3 is 1.22 bits per heavy atom. The van der Waals surface area contributed by atoms with E-state index < -0.39 is 0 Å². The molecule has 2 heterocycles. The minimum Gasteiger partial charge on any atom is -1.00 e. The van der Waals surface area contributed by atoms with Crippen LogP contribution in [-0.2, 0) is 26.2 Å². The van der Waals surface area contributed by atoms with Gasteiger partial charge in [-0.25, -0.2) is 0 Å². The van der Waals surface area contributed by atoms with E-state index in [4.69, 9.17) is 8.83 Å². The summed E-state index contributed by atoms with van der Waals surface area (Å²) in [5, 5.41) is 5.08. The average Bonchev–Trinajstić information content (AvgIpc) is 3.84. The number of hydrogen-bond donors (Lipinski definition) is 0. The number of halogens is 2. The third kappa shape index (κ3) is 6.87. The zero-order chi connectivity index (χ0) is 28.5. The Labute approximate surface area is 295 Å². The molecule has 0 radical (unpaired) electrons. The molecule has 0 aliphatic carbocycles. The normalized spacial score (nSPS) is 10.4. The van der Waals surface area contributed by atoms with Gasteiger partial charge in [0, 0.05) is 0 Å². The van der Waals surface area contributed by atoms with Crippen molar-refractivity contribution in [2.24, 2.45) is 0 Å². The molecule has 0 aliphatic heterocycles. The molecular weight excluding hydrogens is 675 g/mol. The van der Waals surface area contributed by atoms with Crippen molar-refractivity contribution in [2.75, 3.05) is 0 Å². The topological polar surface area (TPSA) is 26.3 Å². The van der Waals surface area contributed by atoms with Crippen LogP contribution in [0, 0.1) is 13.8 Å². The predicted molar refractivity (Wildman–Crippen MR) is 175 cm³/mol. The summed E-state index contributed by atoms with van der Waals surface area (Å²) in [5.74, 6) is 1.84. The SMILES string of the molecule is Cc1ccc2[cH-]c(-c3ccco3)cc2c1-c1ccccc1.Cc1ccc2[cH-]c(-c3ccco3)cc2c1-c1ccccc1.[Cl-].[Cl-].[Zr+4]. The summed E-state index contributed by atoms with van der Waals surface area (Å²) >= 11 is 0. The molecular formula is C40H30Cl2O2Zr. The molecule has 45 heavy (non-hydrogen) atoms. The van der Waals surface area contributed by atoms with Gasteiger partial charge in [0.15, 0.2) is 0 Å². The fraction of sp³-hybridized carbons (Fsp3) is 0.0500. The zero-order valence-electron chi connectivity index (χ0n) is 24.9. The van der Waals surface area contributed by atoms with Crippen LogP contribution < -0.4 is 24.8 Å². The van der Waals surface area contributed by atoms with Crippen LogP contribution in [-0.4, -0.2) is 0 Å². The van der Waals surface area contributed by atoms with Crippen LogP contribution in [0.4, 0.5) is 0 Å². The first-order chi connectivity index (χ1) is 20.7. The molecule has 2 aromatic heterocycles. The van der Waals surface area contributed by atoms with E-state index in [1.165, 1.54) is 54.9 Å². The van der Waals surface area contributed by atoms with Crippen LogP contribution in [0.15, 0.2) is 155 Å². The molecule has 0 atom stereocenters. The quantitative estimate of drug-likeness (QED) is 0.224. The fourth-order valence-corrected chi connectivity index (χ4v) is 5.93. The first-order valence-corrected chi connectivity index (χ1v) is 14.2. The second-order valence-corrected chi connectivity index (χ2v) is 10.7. The maximum absolute atomic E-state index is 5.52. The number of fused-ring (bicyclic) bond motifs is 2. The van der Waals surface area contributed by atoms with Crippen LogP contribution in [0.1, 0.15) is 11.1 Å². The molecule has 220 valence electrons. The Balaban J connectivity index is 0.000000192. The van der Waals surface area contributed by atoms with Gasteiger partial charge in [-0.2, -0.15) is 0 Å². The van der Waals surface area contributed by atoms with E-state index in [-0.39, 0.29) is 51.0 Å². The maximum Gasteiger partial charge on any atom is 4.00 e. The summed E-state index contributed by atoms with van der Waals surface area (Å²) in [4.78, 5) is 0. The number of aryl methyl sites for hydroxylation is 2. The smallest absolute Gasteiger partial charge is 1.00 e. The molecule has 5 heteroatoms. The first kappa shape index (κ1) is 34.0. The van der Waals surface area contributed by atoms with Crippen molar-refractivity contribution < 1.29 is 59.9 Å². The van der Waals surface area contributed by atoms with E-state index in [2.05, 4.69) is 123 Å². The standard InChI is InChI=1S/2C20H15O.2ClH.Zr/c2*1-14-9-10-16-12-17(19-8-5-11-21-19)13-18(16)20(14)15-6-3-2-4-7-15;;;/h2*2-13H,1H3;2*1H;/q2*-1;;;+4/p-2. The summed E-state index contributed by atoms with van der Waals surface area (Å²) in [5.41, 5.74) is 10.0. The molecule has 0 fully saturated rings. The van der Waals surface area contributed by atoms with Crippen molar-refractivity contribution >= 4 is 21.5 Å². The van der Waals surface area contributed by atoms with Gasteiger partial charge in [-0.05, 0) is 48.2 Å². The number of hydrogen-bond acceptors (Lipinski definition) is 2. The average molecular weight is 705 g/mol. The second kappa shape index (κ2) is 14.9. The van der Waals surface area contributed by atoms with Crippen LogP contribution in [0.5, 0.6) is 0 Å². The molecule has 0 bridgehead atoms. The first-order valence-electron chi connectivity index (χ1n) is 14.2. The molecule has 0 unspecified atom stereocenters. The van der Waals surface area contributed by atoms with Crippen LogP contribution in [0.3, 0.4) is 0 Å². The summed E-state index contributed by atoms with van der Waals surface area (Å²) < 4.78 is 11.0. The van der Waals surface area contributed by atoms with Crippen molar-refractivity contribution in [2.45, 2.75) is 13.8 Å². The maximum atomic E-state index is 5.52. The van der Waals surface area contributed by atoms with Crippen LogP contribution in [0.2, 0.25) is 0 Å². The minimum atomic E-state index is 0. The van der Waals surface area contributed by atoms with Crippen molar-refractivity contribution in [3.05, 3.63) is 157 Å². The second-order valence-electron chi connectivity index (χ2n) is 10.7. The summed E-state index contributed by atoms with van der Waals surface area (Å²) in [6.45, 7) is 4.34. The van der Waals surface area contributed by atoms with E-state index in [1.54, 1.807) is 12.5 Å². The van der Waals surface area contributed by atoms with Gasteiger partial charge in [0.05, 0.1) is 24.0 Å². The third-order valence-corrected chi connectivity index (χ3v) is 7.93. The largest absolute Gasteiger partial charge is 4.00 e. The molecule has 0 N–H and O–H groups in total. The molecule has 6 aromatic carbocycles. The van der Waals surface area contributed by atoms with Crippen molar-refractivity contribution in [1.82, 2.24) is 0 Å². The Bertz CT molecular complexity index is 1930. The molecule has 2 nitrogen and oxygen atoms in total. The third-order valence-electron chi connectivity index (χ3n) is 7.93. The minimum absolute atomic E-state index is 0. The zero-order valence-corrected chi connectivity index (χ0v) is 28.9. The van der Waals surface area contributed by atoms with Gasteiger partial charge in [-0.3, -0.25) is 0 Å². The van der Waals surface area contributed by atoms with Crippen molar-refractivity contribution in [3.8, 4) is 44.9 Å². The van der Waals surface area contributed by atoms with Gasteiger partial charge in [-0.15, -0.1) is 57.9 Å². The van der Waals surface area contributed by atoms with E-state index in [1.807, 2.05) is 24.3 Å². The van der Waals surface area contributed by atoms with Crippen molar-refractivity contribution in [3.63, 3.8) is 0 Å². The Hall–Kier alpha value is -3.88. The Kier molecular flexibility index (Phi) is 11.3. The van der Waals surface area contributed by atoms with Gasteiger partial charge in [0.1, 0.15) is 0 Å². The number of furan rings is 2. The Morgan fingerprint density at radius 1 is 0.467 bits per heavy atom. The molecule has 8 rings (SSSR count). The molecule has 8 aromatic rings. The summed E-state index contributed by atoms with van der Waals surface area (Å²) in [6.07, 6.45) is 3.44. The van der Waals surface area contributed by atoms with E-state index in [0.29, 0.717) is 0 Å². The van der Waals surface area contributed by atoms with Crippen molar-refractivity contribution in [1.29, 1.82) is 0 Å². The molecule has 0 spiro atoms. The summed E-state index contributed by atoms with van der Waals surface area (Å²) in [6, 6.07) is 46.6. The monoisotopic (exact) mass is 702 g/mol. The van der Waals surface area contributed by atoms with Gasteiger partial charge < -0.3 is 33.6 Å². The Morgan fingerprint density at radius 2 is 0.867 bits per heavy atom.